The highest BCUT2D eigenvalue weighted by Gasteiger charge is 2.10. The lowest BCUT2D eigenvalue weighted by molar-refractivity contribution is 0.1000. The van der Waals surface area contributed by atoms with E-state index in [-0.39, 0.29) is 0 Å². The SMILES string of the molecule is CNCCN(C)Cc1n[nH]c2ccc(OCc3cccc(C(N)=O)c3)cc12. The van der Waals surface area contributed by atoms with Crippen molar-refractivity contribution in [2.45, 2.75) is 13.2 Å². The number of amides is 1. The smallest absolute Gasteiger partial charge is 0.248 e. The molecular weight excluding hydrogens is 342 g/mol. The Morgan fingerprint density at radius 3 is 2.93 bits per heavy atom. The molecule has 0 bridgehead atoms. The molecule has 0 saturated carbocycles. The molecule has 1 heterocycles. The third-order valence-electron chi connectivity index (χ3n) is 4.39. The van der Waals surface area contributed by atoms with E-state index in [0.717, 1.165) is 47.5 Å². The molecule has 0 radical (unpaired) electrons. The molecule has 2 aromatic carbocycles. The number of hydrogen-bond donors (Lipinski definition) is 3. The molecule has 27 heavy (non-hydrogen) atoms. The van der Waals surface area contributed by atoms with Crippen molar-refractivity contribution in [1.82, 2.24) is 20.4 Å². The van der Waals surface area contributed by atoms with Crippen molar-refractivity contribution in [3.05, 3.63) is 59.3 Å². The summed E-state index contributed by atoms with van der Waals surface area (Å²) in [6.45, 7) is 2.99. The lowest BCUT2D eigenvalue weighted by Crippen LogP contribution is -2.27. The predicted molar refractivity (Wildman–Crippen MR) is 106 cm³/mol. The van der Waals surface area contributed by atoms with E-state index in [1.807, 2.05) is 31.3 Å². The molecule has 0 saturated heterocycles. The van der Waals surface area contributed by atoms with Crippen LogP contribution in [0, 0.1) is 0 Å². The Bertz CT molecular complexity index is 922. The molecule has 4 N–H and O–H groups in total. The molecule has 0 atom stereocenters. The molecule has 7 heteroatoms. The van der Waals surface area contributed by atoms with Crippen LogP contribution >= 0.6 is 0 Å². The van der Waals surface area contributed by atoms with E-state index in [9.17, 15) is 4.79 Å². The summed E-state index contributed by atoms with van der Waals surface area (Å²) >= 11 is 0. The normalized spacial score (nSPS) is 11.2. The standard InChI is InChI=1S/C20H25N5O2/c1-22-8-9-25(2)12-19-17-11-16(6-7-18(17)23-24-19)27-13-14-4-3-5-15(10-14)20(21)26/h3-7,10-11,22H,8-9,12-13H2,1-2H3,(H2,21,26)(H,23,24). The number of fused-ring (bicyclic) bond motifs is 1. The Labute approximate surface area is 158 Å². The molecule has 3 aromatic rings. The molecule has 1 amide bonds. The summed E-state index contributed by atoms with van der Waals surface area (Å²) in [6, 6.07) is 13.0. The first-order valence-corrected chi connectivity index (χ1v) is 8.88. The van der Waals surface area contributed by atoms with Crippen LogP contribution in [0.3, 0.4) is 0 Å². The summed E-state index contributed by atoms with van der Waals surface area (Å²) in [4.78, 5) is 13.5. The zero-order chi connectivity index (χ0) is 19.2. The molecular formula is C20H25N5O2. The van der Waals surface area contributed by atoms with Crippen LogP contribution < -0.4 is 15.8 Å². The number of carbonyl (C=O) groups is 1. The van der Waals surface area contributed by atoms with Gasteiger partial charge in [-0.25, -0.2) is 0 Å². The highest BCUT2D eigenvalue weighted by Crippen LogP contribution is 2.23. The van der Waals surface area contributed by atoms with Crippen LogP contribution in [-0.2, 0) is 13.2 Å². The van der Waals surface area contributed by atoms with E-state index >= 15 is 0 Å². The quantitative estimate of drug-likeness (QED) is 0.537. The third-order valence-corrected chi connectivity index (χ3v) is 4.39. The number of benzene rings is 2. The molecule has 0 spiro atoms. The number of aromatic amines is 1. The first-order valence-electron chi connectivity index (χ1n) is 8.88. The summed E-state index contributed by atoms with van der Waals surface area (Å²) in [5.74, 6) is 0.316. The van der Waals surface area contributed by atoms with Gasteiger partial charge in [0.25, 0.3) is 0 Å². The van der Waals surface area contributed by atoms with Crippen molar-refractivity contribution in [3.8, 4) is 5.75 Å². The van der Waals surface area contributed by atoms with Gasteiger partial charge >= 0.3 is 0 Å². The molecule has 7 nitrogen and oxygen atoms in total. The van der Waals surface area contributed by atoms with Crippen LogP contribution in [0.5, 0.6) is 5.75 Å². The number of carbonyl (C=O) groups excluding carboxylic acids is 1. The van der Waals surface area contributed by atoms with Crippen LogP contribution in [0.2, 0.25) is 0 Å². The summed E-state index contributed by atoms with van der Waals surface area (Å²) in [7, 11) is 4.02. The van der Waals surface area contributed by atoms with Gasteiger partial charge in [0.05, 0.1) is 11.2 Å². The number of H-pyrrole nitrogens is 1. The molecule has 3 rings (SSSR count). The minimum atomic E-state index is -0.441. The average molecular weight is 367 g/mol. The van der Waals surface area contributed by atoms with E-state index in [1.165, 1.54) is 0 Å². The van der Waals surface area contributed by atoms with E-state index in [2.05, 4.69) is 27.5 Å². The molecule has 0 unspecified atom stereocenters. The summed E-state index contributed by atoms with van der Waals surface area (Å²) in [5, 5.41) is 11.7. The van der Waals surface area contributed by atoms with Gasteiger partial charge in [-0.1, -0.05) is 12.1 Å². The fraction of sp³-hybridized carbons (Fsp3) is 0.300. The van der Waals surface area contributed by atoms with Crippen LogP contribution in [0.4, 0.5) is 0 Å². The number of nitrogens with two attached hydrogens (primary N) is 1. The van der Waals surface area contributed by atoms with Gasteiger partial charge in [-0.2, -0.15) is 5.10 Å². The Morgan fingerprint density at radius 1 is 1.30 bits per heavy atom. The molecule has 0 aliphatic carbocycles. The number of rotatable bonds is 9. The number of nitrogens with zero attached hydrogens (tertiary/aromatic N) is 2. The lowest BCUT2D eigenvalue weighted by Gasteiger charge is -2.15. The highest BCUT2D eigenvalue weighted by atomic mass is 16.5. The second kappa shape index (κ2) is 8.66. The number of likely N-dealkylation sites (N-methyl/N-ethyl adjacent to an activating group) is 2. The van der Waals surface area contributed by atoms with Crippen LogP contribution in [-0.4, -0.2) is 48.2 Å². The van der Waals surface area contributed by atoms with Crippen molar-refractivity contribution >= 4 is 16.8 Å². The Balaban J connectivity index is 1.71. The molecule has 1 aromatic heterocycles. The summed E-state index contributed by atoms with van der Waals surface area (Å²) in [6.07, 6.45) is 0. The topological polar surface area (TPSA) is 96.3 Å². The molecule has 0 fully saturated rings. The van der Waals surface area contributed by atoms with Gasteiger partial charge < -0.3 is 15.8 Å². The van der Waals surface area contributed by atoms with E-state index in [1.54, 1.807) is 18.2 Å². The van der Waals surface area contributed by atoms with Gasteiger partial charge in [0, 0.05) is 30.6 Å². The largest absolute Gasteiger partial charge is 0.489 e. The van der Waals surface area contributed by atoms with Gasteiger partial charge in [-0.3, -0.25) is 14.8 Å². The highest BCUT2D eigenvalue weighted by molar-refractivity contribution is 5.92. The van der Waals surface area contributed by atoms with Crippen LogP contribution in [0.15, 0.2) is 42.5 Å². The van der Waals surface area contributed by atoms with E-state index in [4.69, 9.17) is 10.5 Å². The number of primary amides is 1. The van der Waals surface area contributed by atoms with Gasteiger partial charge in [0.2, 0.25) is 5.91 Å². The Hall–Kier alpha value is -2.90. The maximum Gasteiger partial charge on any atom is 0.248 e. The zero-order valence-electron chi connectivity index (χ0n) is 15.7. The van der Waals surface area contributed by atoms with Gasteiger partial charge in [0.15, 0.2) is 0 Å². The molecule has 0 aliphatic heterocycles. The monoisotopic (exact) mass is 367 g/mol. The number of hydrogen-bond acceptors (Lipinski definition) is 5. The predicted octanol–water partition coefficient (Wildman–Crippen LogP) is 1.89. The minimum Gasteiger partial charge on any atom is -0.489 e. The summed E-state index contributed by atoms with van der Waals surface area (Å²) < 4.78 is 5.91. The number of ether oxygens (including phenoxy) is 1. The van der Waals surface area contributed by atoms with Crippen LogP contribution in [0.25, 0.3) is 10.9 Å². The maximum absolute atomic E-state index is 11.3. The van der Waals surface area contributed by atoms with Gasteiger partial charge in [-0.05, 0) is 50.0 Å². The average Bonchev–Trinajstić information content (AvgIpc) is 3.07. The second-order valence-corrected chi connectivity index (χ2v) is 6.57. The number of aromatic nitrogens is 2. The zero-order valence-corrected chi connectivity index (χ0v) is 15.7. The van der Waals surface area contributed by atoms with E-state index in [0.29, 0.717) is 12.2 Å². The lowest BCUT2D eigenvalue weighted by atomic mass is 10.1. The number of nitrogens with one attached hydrogen (secondary N) is 2. The molecule has 0 aliphatic rings. The van der Waals surface area contributed by atoms with Gasteiger partial charge in [0.1, 0.15) is 12.4 Å². The van der Waals surface area contributed by atoms with Crippen molar-refractivity contribution in [1.29, 1.82) is 0 Å². The fourth-order valence-electron chi connectivity index (χ4n) is 2.88. The third kappa shape index (κ3) is 4.84. The first kappa shape index (κ1) is 18.9. The Morgan fingerprint density at radius 2 is 2.15 bits per heavy atom. The van der Waals surface area contributed by atoms with Crippen molar-refractivity contribution in [2.75, 3.05) is 27.2 Å². The molecule has 142 valence electrons. The van der Waals surface area contributed by atoms with E-state index < -0.39 is 5.91 Å². The van der Waals surface area contributed by atoms with Crippen molar-refractivity contribution in [3.63, 3.8) is 0 Å². The first-order chi connectivity index (χ1) is 13.1. The second-order valence-electron chi connectivity index (χ2n) is 6.57. The van der Waals surface area contributed by atoms with Crippen LogP contribution in [0.1, 0.15) is 21.6 Å². The Kier molecular flexibility index (Phi) is 6.05. The van der Waals surface area contributed by atoms with Gasteiger partial charge in [-0.15, -0.1) is 0 Å². The summed E-state index contributed by atoms with van der Waals surface area (Å²) in [5.41, 5.74) is 8.68. The maximum atomic E-state index is 11.3. The minimum absolute atomic E-state index is 0.363. The fourth-order valence-corrected chi connectivity index (χ4v) is 2.88. The van der Waals surface area contributed by atoms with Crippen molar-refractivity contribution in [2.24, 2.45) is 5.73 Å². The van der Waals surface area contributed by atoms with Crippen molar-refractivity contribution < 1.29 is 9.53 Å².